The van der Waals surface area contributed by atoms with E-state index in [2.05, 4.69) is 16.0 Å². The van der Waals surface area contributed by atoms with Gasteiger partial charge in [0.1, 0.15) is 12.1 Å². The van der Waals surface area contributed by atoms with Gasteiger partial charge in [0, 0.05) is 20.4 Å². The second-order valence-corrected chi connectivity index (χ2v) is 9.32. The van der Waals surface area contributed by atoms with Crippen LogP contribution in [0.5, 0.6) is 0 Å². The van der Waals surface area contributed by atoms with Gasteiger partial charge in [0.05, 0.1) is 5.25 Å². The number of hydrogen-bond acceptors (Lipinski definition) is 5. The molecule has 3 N–H and O–H groups in total. The third-order valence-corrected chi connectivity index (χ3v) is 5.72. The van der Waals surface area contributed by atoms with Crippen molar-refractivity contribution in [2.45, 2.75) is 70.7 Å². The minimum atomic E-state index is -0.789. The lowest BCUT2D eigenvalue weighted by Gasteiger charge is -2.25. The topological polar surface area (TPSA) is 104 Å². The van der Waals surface area contributed by atoms with Crippen LogP contribution in [0.3, 0.4) is 0 Å². The standard InChI is InChI=1S/C23H35N3O4S/c1-6-10-20(31-16(4)27)23(30)26-18(13-15(2)3)22(29)25-19(21(28)24-5)14-17-11-8-7-9-12-17/h7-9,11-12,15,18-20H,6,10,13-14H2,1-5H3,(H,24,28)(H,25,29)(H,26,30)/t18?,19-,20?/m0/s1. The Morgan fingerprint density at radius 2 is 1.55 bits per heavy atom. The summed E-state index contributed by atoms with van der Waals surface area (Å²) < 4.78 is 0. The molecule has 0 heterocycles. The molecule has 0 bridgehead atoms. The summed E-state index contributed by atoms with van der Waals surface area (Å²) in [6.07, 6.45) is 2.05. The van der Waals surface area contributed by atoms with Gasteiger partial charge in [-0.3, -0.25) is 19.2 Å². The molecule has 3 atom stereocenters. The molecule has 1 aromatic carbocycles. The van der Waals surface area contributed by atoms with Crippen LogP contribution >= 0.6 is 11.8 Å². The zero-order chi connectivity index (χ0) is 23.4. The maximum atomic E-state index is 13.1. The fourth-order valence-electron chi connectivity index (χ4n) is 3.18. The normalized spacial score (nSPS) is 13.7. The van der Waals surface area contributed by atoms with Crippen molar-refractivity contribution in [1.82, 2.24) is 16.0 Å². The highest BCUT2D eigenvalue weighted by Gasteiger charge is 2.29. The van der Waals surface area contributed by atoms with Crippen molar-refractivity contribution < 1.29 is 19.2 Å². The molecule has 0 aliphatic heterocycles. The van der Waals surface area contributed by atoms with Gasteiger partial charge in [-0.05, 0) is 24.3 Å². The fourth-order valence-corrected chi connectivity index (χ4v) is 4.11. The van der Waals surface area contributed by atoms with E-state index in [0.717, 1.165) is 23.7 Å². The van der Waals surface area contributed by atoms with E-state index in [9.17, 15) is 19.2 Å². The first-order chi connectivity index (χ1) is 14.7. The summed E-state index contributed by atoms with van der Waals surface area (Å²) in [5.74, 6) is -0.895. The molecule has 1 rings (SSSR count). The molecule has 0 aromatic heterocycles. The van der Waals surface area contributed by atoms with Gasteiger partial charge in [-0.15, -0.1) is 0 Å². The molecule has 0 aliphatic carbocycles. The molecule has 0 fully saturated rings. The maximum absolute atomic E-state index is 13.1. The summed E-state index contributed by atoms with van der Waals surface area (Å²) in [5.41, 5.74) is 0.918. The van der Waals surface area contributed by atoms with Crippen molar-refractivity contribution in [3.8, 4) is 0 Å². The van der Waals surface area contributed by atoms with E-state index < -0.39 is 23.2 Å². The first-order valence-corrected chi connectivity index (χ1v) is 11.6. The number of hydrogen-bond donors (Lipinski definition) is 3. The molecule has 1 aromatic rings. The second-order valence-electron chi connectivity index (χ2n) is 7.94. The number of benzene rings is 1. The molecule has 8 heteroatoms. The number of rotatable bonds is 12. The summed E-state index contributed by atoms with van der Waals surface area (Å²) in [4.78, 5) is 49.7. The first kappa shape index (κ1) is 26.7. The molecule has 0 saturated heterocycles. The van der Waals surface area contributed by atoms with Crippen LogP contribution in [0, 0.1) is 5.92 Å². The SMILES string of the molecule is CCCC(SC(C)=O)C(=O)NC(CC(C)C)C(=O)N[C@@H](Cc1ccccc1)C(=O)NC. The van der Waals surface area contributed by atoms with Crippen molar-refractivity contribution in [1.29, 1.82) is 0 Å². The number of likely N-dealkylation sites (N-methyl/N-ethyl adjacent to an activating group) is 1. The van der Waals surface area contributed by atoms with Crippen LogP contribution in [0.25, 0.3) is 0 Å². The number of carbonyl (C=O) groups is 4. The molecule has 0 spiro atoms. The fraction of sp³-hybridized carbons (Fsp3) is 0.565. The highest BCUT2D eigenvalue weighted by molar-refractivity contribution is 8.14. The third kappa shape index (κ3) is 10.0. The van der Waals surface area contributed by atoms with E-state index in [1.165, 1.54) is 14.0 Å². The van der Waals surface area contributed by atoms with E-state index in [0.29, 0.717) is 19.3 Å². The Kier molecular flexibility index (Phi) is 11.9. The minimum absolute atomic E-state index is 0.138. The van der Waals surface area contributed by atoms with E-state index in [1.54, 1.807) is 0 Å². The highest BCUT2D eigenvalue weighted by atomic mass is 32.2. The van der Waals surface area contributed by atoms with E-state index in [4.69, 9.17) is 0 Å². The summed E-state index contributed by atoms with van der Waals surface area (Å²) in [6.45, 7) is 7.29. The van der Waals surface area contributed by atoms with Crippen molar-refractivity contribution in [2.75, 3.05) is 7.05 Å². The van der Waals surface area contributed by atoms with E-state index in [-0.39, 0.29) is 22.8 Å². The Labute approximate surface area is 189 Å². The van der Waals surface area contributed by atoms with Gasteiger partial charge in [0.2, 0.25) is 17.7 Å². The molecule has 0 radical (unpaired) electrons. The summed E-state index contributed by atoms with van der Waals surface area (Å²) >= 11 is 0.982. The number of carbonyl (C=O) groups excluding carboxylic acids is 4. The van der Waals surface area contributed by atoms with Crippen LogP contribution in [0.2, 0.25) is 0 Å². The first-order valence-electron chi connectivity index (χ1n) is 10.7. The zero-order valence-electron chi connectivity index (χ0n) is 19.1. The van der Waals surface area contributed by atoms with Crippen molar-refractivity contribution in [3.05, 3.63) is 35.9 Å². The molecule has 2 unspecified atom stereocenters. The Morgan fingerprint density at radius 3 is 2.06 bits per heavy atom. The predicted molar refractivity (Wildman–Crippen MR) is 124 cm³/mol. The summed E-state index contributed by atoms with van der Waals surface area (Å²) in [6, 6.07) is 7.87. The molecule has 0 aliphatic rings. The highest BCUT2D eigenvalue weighted by Crippen LogP contribution is 2.18. The Bertz CT molecular complexity index is 740. The molecular formula is C23H35N3O4S. The monoisotopic (exact) mass is 449 g/mol. The lowest BCUT2D eigenvalue weighted by molar-refractivity contribution is -0.132. The van der Waals surface area contributed by atoms with Gasteiger partial charge < -0.3 is 16.0 Å². The largest absolute Gasteiger partial charge is 0.357 e. The summed E-state index contributed by atoms with van der Waals surface area (Å²) in [7, 11) is 1.52. The van der Waals surface area contributed by atoms with Crippen molar-refractivity contribution >= 4 is 34.6 Å². The van der Waals surface area contributed by atoms with E-state index in [1.807, 2.05) is 51.1 Å². The Hall–Kier alpha value is -2.35. The average molecular weight is 450 g/mol. The second kappa shape index (κ2) is 13.9. The predicted octanol–water partition coefficient (Wildman–Crippen LogP) is 2.44. The maximum Gasteiger partial charge on any atom is 0.243 e. The van der Waals surface area contributed by atoms with Crippen LogP contribution in [0.1, 0.15) is 52.5 Å². The van der Waals surface area contributed by atoms with Crippen LogP contribution in [-0.2, 0) is 25.6 Å². The van der Waals surface area contributed by atoms with Crippen molar-refractivity contribution in [2.24, 2.45) is 5.92 Å². The van der Waals surface area contributed by atoms with Gasteiger partial charge in [-0.1, -0.05) is 69.3 Å². The average Bonchev–Trinajstić information content (AvgIpc) is 2.71. The number of thioether (sulfide) groups is 1. The smallest absolute Gasteiger partial charge is 0.243 e. The lowest BCUT2D eigenvalue weighted by atomic mass is 10.0. The van der Waals surface area contributed by atoms with Gasteiger partial charge in [0.25, 0.3) is 0 Å². The van der Waals surface area contributed by atoms with Crippen molar-refractivity contribution in [3.63, 3.8) is 0 Å². The summed E-state index contributed by atoms with van der Waals surface area (Å²) in [5, 5.41) is 7.52. The molecule has 31 heavy (non-hydrogen) atoms. The van der Waals surface area contributed by atoms with Crippen LogP contribution < -0.4 is 16.0 Å². The van der Waals surface area contributed by atoms with Gasteiger partial charge >= 0.3 is 0 Å². The van der Waals surface area contributed by atoms with Gasteiger partial charge in [-0.2, -0.15) is 0 Å². The molecule has 3 amide bonds. The lowest BCUT2D eigenvalue weighted by Crippen LogP contribution is -2.55. The molecule has 0 saturated carbocycles. The number of amides is 3. The molecule has 7 nitrogen and oxygen atoms in total. The Morgan fingerprint density at radius 1 is 0.935 bits per heavy atom. The van der Waals surface area contributed by atoms with E-state index >= 15 is 0 Å². The quantitative estimate of drug-likeness (QED) is 0.455. The van der Waals surface area contributed by atoms with Crippen LogP contribution in [-0.4, -0.2) is 47.2 Å². The van der Waals surface area contributed by atoms with Crippen LogP contribution in [0.4, 0.5) is 0 Å². The third-order valence-electron chi connectivity index (χ3n) is 4.65. The Balaban J connectivity index is 2.96. The number of nitrogens with one attached hydrogen (secondary N) is 3. The minimum Gasteiger partial charge on any atom is -0.357 e. The van der Waals surface area contributed by atoms with Gasteiger partial charge in [-0.25, -0.2) is 0 Å². The van der Waals surface area contributed by atoms with Gasteiger partial charge in [0.15, 0.2) is 5.12 Å². The molecule has 172 valence electrons. The van der Waals surface area contributed by atoms with Crippen LogP contribution in [0.15, 0.2) is 30.3 Å². The molecular weight excluding hydrogens is 414 g/mol. The zero-order valence-corrected chi connectivity index (χ0v) is 19.9.